The molecule has 12 heterocycles. The monoisotopic (exact) mass is 1910 g/mol. The molecule has 15 aromatic carbocycles. The van der Waals surface area contributed by atoms with Crippen molar-refractivity contribution in [3.63, 3.8) is 0 Å². The molecule has 150 heavy (non-hydrogen) atoms. The molecule has 0 aliphatic heterocycles. The van der Waals surface area contributed by atoms with Gasteiger partial charge in [-0.15, -0.1) is 0 Å². The third kappa shape index (κ3) is 15.0. The van der Waals surface area contributed by atoms with Crippen LogP contribution in [0.5, 0.6) is 0 Å². The molecule has 0 aliphatic carbocycles. The van der Waals surface area contributed by atoms with Gasteiger partial charge in [0.2, 0.25) is 0 Å². The van der Waals surface area contributed by atoms with Gasteiger partial charge in [-0.05, 0) is 292 Å². The number of benzene rings is 15. The summed E-state index contributed by atoms with van der Waals surface area (Å²) in [5.41, 5.74) is 26.8. The van der Waals surface area contributed by atoms with E-state index in [1.807, 2.05) is 267 Å². The lowest BCUT2D eigenvalue weighted by Crippen LogP contribution is -2.05. The Labute approximate surface area is 855 Å². The molecule has 0 fully saturated rings. The summed E-state index contributed by atoms with van der Waals surface area (Å²) in [5.74, 6) is 4.02. The standard InChI is InChI=1S/3C43H23N7/c44-24-27-7-5-8-30(19-27)32-9-1-2-10-33(32)31-22-41(48-42(23-31)50-38-13-4-3-11-34(38)35-12-6-18-47-43(35)50)49-39-16-14-28(25-45)20-36(39)37-21-29(26-46)15-17-40(37)49;44-24-27-15-17-39-36(20-27)37-21-28(25-45)16-18-40(37)49(39)41-22-30(32-10-3-4-11-33(32)31-9-2-1-8-29(31)26-46)23-42(48-41)50-38-14-6-5-12-34(38)35-13-7-19-47-43(35)50;44-24-27-11-15-30(16-12-27)32-6-1-2-7-33(32)31-22-41(48-42(23-31)50-38-10-4-3-8-34(38)35-9-5-19-47-43(35)50)49-39-17-13-28(25-45)20-36(39)37-21-29(26-46)14-18-40(37)49/h3*1-23H. The SMILES string of the molecule is N#Cc1ccc(-c2ccccc2-c2cc(-n3c4ccc(C#N)cc4c4cc(C#N)ccc43)nc(-n3c4ccccc4c4cccnc43)c2)cc1.N#Cc1ccc2c(c1)c1cc(C#N)ccc1n2-c1cc(-c2ccccc2-c2ccccc2C#N)cc(-n2c3ccccc3c3cccnc32)n1.N#Cc1cccc(-c2ccccc2-c2cc(-n3c4ccc(C#N)cc4c4cc(C#N)ccc43)nc(-n3c4ccccc4c4cccnc43)c2)c1. The van der Waals surface area contributed by atoms with Crippen molar-refractivity contribution >= 4 is 131 Å². The highest BCUT2D eigenvalue weighted by molar-refractivity contribution is 6.15. The highest BCUT2D eigenvalue weighted by Gasteiger charge is 2.28. The molecule has 0 atom stereocenters. The fourth-order valence-corrected chi connectivity index (χ4v) is 21.2. The second-order valence-electron chi connectivity index (χ2n) is 36.1. The molecule has 0 saturated heterocycles. The van der Waals surface area contributed by atoms with Crippen molar-refractivity contribution in [1.82, 2.24) is 57.3 Å². The van der Waals surface area contributed by atoms with Crippen LogP contribution in [0.25, 0.3) is 233 Å². The minimum atomic E-state index is 0.530. The Balaban J connectivity index is 0.000000116. The topological polar surface area (TPSA) is 321 Å². The second-order valence-corrected chi connectivity index (χ2v) is 36.1. The molecular weight excluding hydrogens is 1840 g/mol. The van der Waals surface area contributed by atoms with E-state index in [9.17, 15) is 47.4 Å². The Morgan fingerprint density at radius 1 is 0.153 bits per heavy atom. The van der Waals surface area contributed by atoms with E-state index in [1.165, 1.54) is 0 Å². The summed E-state index contributed by atoms with van der Waals surface area (Å²) in [6, 6.07) is 151. The highest BCUT2D eigenvalue weighted by Crippen LogP contribution is 2.46. The molecule has 0 spiro atoms. The van der Waals surface area contributed by atoms with Crippen molar-refractivity contribution in [2.45, 2.75) is 0 Å². The van der Waals surface area contributed by atoms with Crippen molar-refractivity contribution in [3.05, 3.63) is 469 Å². The van der Waals surface area contributed by atoms with E-state index in [0.717, 1.165) is 198 Å². The molecule has 12 aromatic heterocycles. The van der Waals surface area contributed by atoms with Crippen LogP contribution in [0, 0.1) is 102 Å². The predicted molar refractivity (Wildman–Crippen MR) is 587 cm³/mol. The molecule has 0 bridgehead atoms. The Bertz CT molecular complexity index is 10500. The lowest BCUT2D eigenvalue weighted by atomic mass is 9.92. The van der Waals surface area contributed by atoms with E-state index in [-0.39, 0.29) is 0 Å². The number of rotatable bonds is 12. The summed E-state index contributed by atoms with van der Waals surface area (Å²) < 4.78 is 12.6. The molecule has 0 amide bonds. The van der Waals surface area contributed by atoms with Crippen LogP contribution in [-0.4, -0.2) is 57.3 Å². The first kappa shape index (κ1) is 88.8. The summed E-state index contributed by atoms with van der Waals surface area (Å²) in [6.07, 6.45) is 5.39. The molecule has 27 aromatic rings. The summed E-state index contributed by atoms with van der Waals surface area (Å²) in [4.78, 5) is 30.6. The maximum absolute atomic E-state index is 10.0. The smallest absolute Gasteiger partial charge is 0.146 e. The average Bonchev–Trinajstić information content (AvgIpc) is 1.58. The van der Waals surface area contributed by atoms with Crippen molar-refractivity contribution in [1.29, 1.82) is 47.4 Å². The maximum atomic E-state index is 10.0. The first-order valence-electron chi connectivity index (χ1n) is 48.0. The number of para-hydroxylation sites is 3. The van der Waals surface area contributed by atoms with Gasteiger partial charge in [-0.2, -0.15) is 47.4 Å². The van der Waals surface area contributed by atoms with Crippen molar-refractivity contribution < 1.29 is 0 Å². The van der Waals surface area contributed by atoms with E-state index in [4.69, 9.17) is 29.9 Å². The van der Waals surface area contributed by atoms with Crippen LogP contribution in [0.2, 0.25) is 0 Å². The Kier molecular flexibility index (Phi) is 21.8. The Morgan fingerprint density at radius 2 is 0.400 bits per heavy atom. The number of hydrogen-bond donors (Lipinski definition) is 0. The zero-order valence-electron chi connectivity index (χ0n) is 79.2. The number of hydrogen-bond acceptors (Lipinski definition) is 15. The molecule has 0 N–H and O–H groups in total. The first-order valence-corrected chi connectivity index (χ1v) is 48.0. The van der Waals surface area contributed by atoms with Gasteiger partial charge >= 0.3 is 0 Å². The molecule has 21 heteroatoms. The first-order chi connectivity index (χ1) is 73.9. The maximum Gasteiger partial charge on any atom is 0.146 e. The normalized spacial score (nSPS) is 11.1. The fraction of sp³-hybridized carbons (Fsp3) is 0. The van der Waals surface area contributed by atoms with E-state index in [2.05, 4.69) is 203 Å². The molecule has 0 aliphatic rings. The van der Waals surface area contributed by atoms with Gasteiger partial charge in [-0.1, -0.05) is 170 Å². The summed E-state index contributed by atoms with van der Waals surface area (Å²) in [5, 5.41) is 99.3. The van der Waals surface area contributed by atoms with E-state index < -0.39 is 0 Å². The van der Waals surface area contributed by atoms with Gasteiger partial charge < -0.3 is 0 Å². The van der Waals surface area contributed by atoms with Crippen LogP contribution in [0.1, 0.15) is 50.1 Å². The van der Waals surface area contributed by atoms with Gasteiger partial charge in [-0.3, -0.25) is 27.4 Å². The van der Waals surface area contributed by atoms with Crippen molar-refractivity contribution in [3.8, 4) is 156 Å². The second kappa shape index (κ2) is 36.8. The van der Waals surface area contributed by atoms with Gasteiger partial charge in [0.1, 0.15) is 51.8 Å². The average molecular weight is 1910 g/mol. The highest BCUT2D eigenvalue weighted by atomic mass is 15.2. The molecule has 0 unspecified atom stereocenters. The van der Waals surface area contributed by atoms with Crippen LogP contribution < -0.4 is 0 Å². The van der Waals surface area contributed by atoms with Crippen LogP contribution in [-0.2, 0) is 0 Å². The van der Waals surface area contributed by atoms with Crippen molar-refractivity contribution in [2.75, 3.05) is 0 Å². The fourth-order valence-electron chi connectivity index (χ4n) is 21.2. The van der Waals surface area contributed by atoms with Gasteiger partial charge in [-0.25, -0.2) is 29.9 Å². The van der Waals surface area contributed by atoms with Gasteiger partial charge in [0.15, 0.2) is 0 Å². The van der Waals surface area contributed by atoms with Crippen molar-refractivity contribution in [2.24, 2.45) is 0 Å². The Hall–Kier alpha value is -22.6. The summed E-state index contributed by atoms with van der Waals surface area (Å²) in [6.45, 7) is 0. The van der Waals surface area contributed by atoms with Crippen LogP contribution in [0.3, 0.4) is 0 Å². The molecule has 0 saturated carbocycles. The van der Waals surface area contributed by atoms with Crippen LogP contribution in [0.4, 0.5) is 0 Å². The zero-order chi connectivity index (χ0) is 101. The van der Waals surface area contributed by atoms with Crippen LogP contribution in [0.15, 0.2) is 419 Å². The third-order valence-electron chi connectivity index (χ3n) is 27.8. The van der Waals surface area contributed by atoms with Gasteiger partial charge in [0.25, 0.3) is 0 Å². The number of nitrogens with zero attached hydrogens (tertiary/aromatic N) is 21. The Morgan fingerprint density at radius 3 is 0.720 bits per heavy atom. The molecule has 21 nitrogen and oxygen atoms in total. The number of nitriles is 9. The van der Waals surface area contributed by atoms with Crippen LogP contribution >= 0.6 is 0 Å². The predicted octanol–water partition coefficient (Wildman–Crippen LogP) is 28.9. The minimum Gasteiger partial charge on any atom is -0.294 e. The van der Waals surface area contributed by atoms with E-state index in [0.29, 0.717) is 85.0 Å². The summed E-state index contributed by atoms with van der Waals surface area (Å²) in [7, 11) is 0. The van der Waals surface area contributed by atoms with Gasteiger partial charge in [0.05, 0.1) is 154 Å². The number of pyridine rings is 6. The quantitative estimate of drug-likeness (QED) is 0.110. The molecule has 27 rings (SSSR count). The van der Waals surface area contributed by atoms with Gasteiger partial charge in [0, 0.05) is 88.8 Å². The lowest BCUT2D eigenvalue weighted by molar-refractivity contribution is 1.00. The summed E-state index contributed by atoms with van der Waals surface area (Å²) >= 11 is 0. The molecule has 0 radical (unpaired) electrons. The number of fused-ring (bicyclic) bond motifs is 18. The molecular formula is C129H69N21. The number of aromatic nitrogens is 12. The zero-order valence-corrected chi connectivity index (χ0v) is 79.2. The minimum absolute atomic E-state index is 0.530. The molecule has 690 valence electrons. The largest absolute Gasteiger partial charge is 0.294 e. The lowest BCUT2D eigenvalue weighted by Gasteiger charge is -2.16. The van der Waals surface area contributed by atoms with E-state index in [1.54, 1.807) is 30.7 Å². The van der Waals surface area contributed by atoms with E-state index >= 15 is 0 Å². The third-order valence-corrected chi connectivity index (χ3v) is 27.8.